The van der Waals surface area contributed by atoms with Crippen LogP contribution in [0.1, 0.15) is 33.6 Å². The molecule has 0 aromatic heterocycles. The topological polar surface area (TPSA) is 27.7 Å². The summed E-state index contributed by atoms with van der Waals surface area (Å²) < 4.78 is 16.5. The van der Waals surface area contributed by atoms with E-state index in [9.17, 15) is 0 Å². The van der Waals surface area contributed by atoms with Crippen molar-refractivity contribution in [1.82, 2.24) is 0 Å². The second kappa shape index (κ2) is 6.38. The maximum absolute atomic E-state index is 5.65. The van der Waals surface area contributed by atoms with E-state index < -0.39 is 0 Å². The summed E-state index contributed by atoms with van der Waals surface area (Å²) in [4.78, 5) is 0. The Bertz CT molecular complexity index is 141. The molecule has 0 spiro atoms. The van der Waals surface area contributed by atoms with Crippen LogP contribution in [0, 0.1) is 5.92 Å². The van der Waals surface area contributed by atoms with Crippen LogP contribution in [0.2, 0.25) is 0 Å². The lowest BCUT2D eigenvalue weighted by molar-refractivity contribution is -0.188. The third-order valence-corrected chi connectivity index (χ3v) is 2.57. The Kier molecular flexibility index (Phi) is 5.45. The average molecular weight is 202 g/mol. The van der Waals surface area contributed by atoms with Crippen LogP contribution >= 0.6 is 0 Å². The molecule has 14 heavy (non-hydrogen) atoms. The van der Waals surface area contributed by atoms with Crippen LogP contribution in [0.3, 0.4) is 0 Å². The van der Waals surface area contributed by atoms with E-state index in [1.165, 1.54) is 0 Å². The molecule has 1 heterocycles. The molecule has 3 nitrogen and oxygen atoms in total. The van der Waals surface area contributed by atoms with Crippen LogP contribution in [-0.4, -0.2) is 32.2 Å². The lowest BCUT2D eigenvalue weighted by Gasteiger charge is -2.24. The molecule has 0 bridgehead atoms. The van der Waals surface area contributed by atoms with Gasteiger partial charge in [-0.1, -0.05) is 13.8 Å². The van der Waals surface area contributed by atoms with Crippen molar-refractivity contribution in [2.45, 2.75) is 46.0 Å². The van der Waals surface area contributed by atoms with E-state index in [4.69, 9.17) is 14.2 Å². The van der Waals surface area contributed by atoms with Gasteiger partial charge in [-0.3, -0.25) is 0 Å². The smallest absolute Gasteiger partial charge is 0.159 e. The molecule has 0 aliphatic carbocycles. The summed E-state index contributed by atoms with van der Waals surface area (Å²) in [6.45, 7) is 8.81. The predicted octanol–water partition coefficient (Wildman–Crippen LogP) is 2.20. The Morgan fingerprint density at radius 2 is 1.86 bits per heavy atom. The zero-order valence-corrected chi connectivity index (χ0v) is 9.49. The molecule has 3 heteroatoms. The maximum atomic E-state index is 5.65. The highest BCUT2D eigenvalue weighted by Crippen LogP contribution is 2.11. The Hall–Kier alpha value is -0.120. The van der Waals surface area contributed by atoms with Crippen molar-refractivity contribution in [1.29, 1.82) is 0 Å². The van der Waals surface area contributed by atoms with E-state index >= 15 is 0 Å². The number of ether oxygens (including phenoxy) is 3. The molecule has 0 aromatic rings. The van der Waals surface area contributed by atoms with Crippen LogP contribution in [0.5, 0.6) is 0 Å². The number of hydrogen-bond acceptors (Lipinski definition) is 3. The van der Waals surface area contributed by atoms with Gasteiger partial charge in [0, 0.05) is 6.42 Å². The van der Waals surface area contributed by atoms with E-state index in [0.29, 0.717) is 12.0 Å². The Labute approximate surface area is 86.7 Å². The van der Waals surface area contributed by atoms with Gasteiger partial charge in [-0.05, 0) is 19.3 Å². The van der Waals surface area contributed by atoms with Crippen molar-refractivity contribution in [3.8, 4) is 0 Å². The predicted molar refractivity (Wildman–Crippen MR) is 55.2 cm³/mol. The summed E-state index contributed by atoms with van der Waals surface area (Å²) in [5.41, 5.74) is 0. The highest BCUT2D eigenvalue weighted by molar-refractivity contribution is 4.56. The first-order valence-corrected chi connectivity index (χ1v) is 5.55. The fraction of sp³-hybridized carbons (Fsp3) is 1.00. The van der Waals surface area contributed by atoms with E-state index in [-0.39, 0.29) is 6.29 Å². The second-order valence-electron chi connectivity index (χ2n) is 4.13. The van der Waals surface area contributed by atoms with Crippen LogP contribution < -0.4 is 0 Å². The Morgan fingerprint density at radius 3 is 2.43 bits per heavy atom. The Balaban J connectivity index is 2.02. The van der Waals surface area contributed by atoms with Gasteiger partial charge >= 0.3 is 0 Å². The van der Waals surface area contributed by atoms with E-state index in [2.05, 4.69) is 20.8 Å². The molecule has 0 N–H and O–H groups in total. The van der Waals surface area contributed by atoms with Gasteiger partial charge in [-0.15, -0.1) is 0 Å². The first kappa shape index (κ1) is 12.0. The highest BCUT2D eigenvalue weighted by atomic mass is 16.7. The first-order valence-electron chi connectivity index (χ1n) is 5.55. The standard InChI is InChI=1S/C11H22O3/c1-9(2)10(3)12-8-5-11-13-6-4-7-14-11/h9-11H,4-8H2,1-3H3. The fourth-order valence-corrected chi connectivity index (χ4v) is 1.25. The lowest BCUT2D eigenvalue weighted by atomic mass is 10.1. The molecule has 1 atom stereocenters. The van der Waals surface area contributed by atoms with Crippen LogP contribution in [0.25, 0.3) is 0 Å². The number of hydrogen-bond donors (Lipinski definition) is 0. The summed E-state index contributed by atoms with van der Waals surface area (Å²) >= 11 is 0. The van der Waals surface area contributed by atoms with Crippen LogP contribution in [0.15, 0.2) is 0 Å². The molecule has 1 rings (SSSR count). The molecule has 1 unspecified atom stereocenters. The number of rotatable bonds is 5. The molecular formula is C11H22O3. The van der Waals surface area contributed by atoms with Crippen LogP contribution in [0.4, 0.5) is 0 Å². The largest absolute Gasteiger partial charge is 0.378 e. The summed E-state index contributed by atoms with van der Waals surface area (Å²) in [7, 11) is 0. The van der Waals surface area contributed by atoms with Crippen molar-refractivity contribution in [2.24, 2.45) is 5.92 Å². The monoisotopic (exact) mass is 202 g/mol. The van der Waals surface area contributed by atoms with Gasteiger partial charge in [0.25, 0.3) is 0 Å². The fourth-order valence-electron chi connectivity index (χ4n) is 1.25. The van der Waals surface area contributed by atoms with Crippen molar-refractivity contribution in [3.63, 3.8) is 0 Å². The quantitative estimate of drug-likeness (QED) is 0.684. The molecule has 0 saturated carbocycles. The molecule has 1 fully saturated rings. The lowest BCUT2D eigenvalue weighted by Crippen LogP contribution is -2.27. The minimum absolute atomic E-state index is 0.0388. The second-order valence-corrected chi connectivity index (χ2v) is 4.13. The summed E-state index contributed by atoms with van der Waals surface area (Å²) in [5, 5.41) is 0. The van der Waals surface area contributed by atoms with Gasteiger partial charge in [-0.25, -0.2) is 0 Å². The molecule has 1 saturated heterocycles. The summed E-state index contributed by atoms with van der Waals surface area (Å²) in [5.74, 6) is 0.572. The van der Waals surface area contributed by atoms with E-state index in [1.54, 1.807) is 0 Å². The maximum Gasteiger partial charge on any atom is 0.159 e. The molecule has 0 amide bonds. The van der Waals surface area contributed by atoms with Gasteiger partial charge in [0.05, 0.1) is 25.9 Å². The van der Waals surface area contributed by atoms with Gasteiger partial charge in [0.15, 0.2) is 6.29 Å². The highest BCUT2D eigenvalue weighted by Gasteiger charge is 2.14. The normalized spacial score (nSPS) is 21.4. The van der Waals surface area contributed by atoms with Gasteiger partial charge < -0.3 is 14.2 Å². The molecule has 0 aromatic carbocycles. The minimum Gasteiger partial charge on any atom is -0.378 e. The van der Waals surface area contributed by atoms with E-state index in [1.807, 2.05) is 0 Å². The molecule has 0 radical (unpaired) electrons. The minimum atomic E-state index is -0.0388. The zero-order valence-electron chi connectivity index (χ0n) is 9.49. The van der Waals surface area contributed by atoms with Gasteiger partial charge in [0.1, 0.15) is 0 Å². The molecular weight excluding hydrogens is 180 g/mol. The first-order chi connectivity index (χ1) is 6.70. The van der Waals surface area contributed by atoms with Crippen molar-refractivity contribution < 1.29 is 14.2 Å². The molecule has 1 aliphatic rings. The molecule has 1 aliphatic heterocycles. The summed E-state index contributed by atoms with van der Waals surface area (Å²) in [6, 6.07) is 0. The van der Waals surface area contributed by atoms with Crippen molar-refractivity contribution >= 4 is 0 Å². The third-order valence-electron chi connectivity index (χ3n) is 2.57. The molecule has 84 valence electrons. The Morgan fingerprint density at radius 1 is 1.21 bits per heavy atom. The van der Waals surface area contributed by atoms with Gasteiger partial charge in [-0.2, -0.15) is 0 Å². The average Bonchev–Trinajstić information content (AvgIpc) is 2.19. The van der Waals surface area contributed by atoms with Crippen molar-refractivity contribution in [2.75, 3.05) is 19.8 Å². The zero-order chi connectivity index (χ0) is 10.4. The van der Waals surface area contributed by atoms with Crippen molar-refractivity contribution in [3.05, 3.63) is 0 Å². The van der Waals surface area contributed by atoms with E-state index in [0.717, 1.165) is 32.7 Å². The SMILES string of the molecule is CC(C)C(C)OCCC1OCCCO1. The van der Waals surface area contributed by atoms with Crippen LogP contribution in [-0.2, 0) is 14.2 Å². The summed E-state index contributed by atoms with van der Waals surface area (Å²) in [6.07, 6.45) is 2.14. The van der Waals surface area contributed by atoms with Gasteiger partial charge in [0.2, 0.25) is 0 Å². The third kappa shape index (κ3) is 4.40.